The second kappa shape index (κ2) is 8.10. The van der Waals surface area contributed by atoms with Gasteiger partial charge in [0.05, 0.1) is 6.04 Å². The van der Waals surface area contributed by atoms with Crippen molar-refractivity contribution in [2.45, 2.75) is 57.2 Å². The molecule has 1 aromatic heterocycles. The second-order valence-corrected chi connectivity index (χ2v) is 9.22. The average Bonchev–Trinajstić information content (AvgIpc) is 3.24. The summed E-state index contributed by atoms with van der Waals surface area (Å²) in [7, 11) is 0. The van der Waals surface area contributed by atoms with Crippen LogP contribution in [0.3, 0.4) is 0 Å². The number of halogens is 1. The molecule has 2 amide bonds. The number of benzene rings is 1. The van der Waals surface area contributed by atoms with Gasteiger partial charge in [-0.25, -0.2) is 0 Å². The lowest BCUT2D eigenvalue weighted by Crippen LogP contribution is -2.49. The van der Waals surface area contributed by atoms with Crippen LogP contribution in [-0.2, 0) is 16.1 Å². The molecule has 0 radical (unpaired) electrons. The molecular formula is C24H28ClN3O2. The standard InChI is InChI=1S/C24H28ClN3O2/c25-20-9-4-3-8-19(20)23-21-10-5-13-26(21)14-15-27(23)22(29)16-28(18-11-12-18)24(30)17-6-1-2-7-17/h3-5,8-10,13,17-18,23H,1-2,6-7,11-12,14-16H2/t23-/m0/s1. The SMILES string of the molecule is O=C(C1CCCC1)N(CC(=O)N1CCn2cccc2[C@@H]1c1ccccc1Cl)C1CC1. The number of carbonyl (C=O) groups is 2. The highest BCUT2D eigenvalue weighted by Gasteiger charge is 2.40. The topological polar surface area (TPSA) is 45.6 Å². The van der Waals surface area contributed by atoms with Crippen LogP contribution < -0.4 is 0 Å². The summed E-state index contributed by atoms with van der Waals surface area (Å²) < 4.78 is 2.19. The molecule has 2 aromatic rings. The smallest absolute Gasteiger partial charge is 0.243 e. The average molecular weight is 426 g/mol. The van der Waals surface area contributed by atoms with E-state index >= 15 is 0 Å². The number of hydrogen-bond donors (Lipinski definition) is 0. The molecule has 158 valence electrons. The van der Waals surface area contributed by atoms with Crippen LogP contribution in [0.5, 0.6) is 0 Å². The molecule has 0 unspecified atom stereocenters. The molecule has 0 saturated heterocycles. The second-order valence-electron chi connectivity index (χ2n) is 8.82. The Morgan fingerprint density at radius 3 is 2.50 bits per heavy atom. The van der Waals surface area contributed by atoms with Crippen LogP contribution >= 0.6 is 11.6 Å². The van der Waals surface area contributed by atoms with Gasteiger partial charge in [0.25, 0.3) is 0 Å². The molecule has 30 heavy (non-hydrogen) atoms. The zero-order chi connectivity index (χ0) is 20.7. The van der Waals surface area contributed by atoms with Gasteiger partial charge in [0, 0.05) is 42.0 Å². The first-order valence-corrected chi connectivity index (χ1v) is 11.5. The van der Waals surface area contributed by atoms with Crippen LogP contribution in [0, 0.1) is 5.92 Å². The van der Waals surface area contributed by atoms with E-state index in [9.17, 15) is 9.59 Å². The number of carbonyl (C=O) groups excluding carboxylic acids is 2. The minimum Gasteiger partial charge on any atom is -0.348 e. The molecule has 6 heteroatoms. The molecule has 2 saturated carbocycles. The molecule has 0 N–H and O–H groups in total. The molecule has 2 fully saturated rings. The minimum absolute atomic E-state index is 0.0191. The van der Waals surface area contributed by atoms with Crippen molar-refractivity contribution in [2.75, 3.05) is 13.1 Å². The third-order valence-electron chi connectivity index (χ3n) is 6.84. The van der Waals surface area contributed by atoms with E-state index in [4.69, 9.17) is 11.6 Å². The summed E-state index contributed by atoms with van der Waals surface area (Å²) in [4.78, 5) is 30.5. The van der Waals surface area contributed by atoms with Crippen molar-refractivity contribution >= 4 is 23.4 Å². The number of rotatable bonds is 5. The predicted molar refractivity (Wildman–Crippen MR) is 116 cm³/mol. The highest BCUT2D eigenvalue weighted by Crippen LogP contribution is 2.37. The Bertz CT molecular complexity index is 945. The van der Waals surface area contributed by atoms with Gasteiger partial charge in [-0.05, 0) is 49.4 Å². The van der Waals surface area contributed by atoms with Crippen molar-refractivity contribution in [3.05, 3.63) is 58.9 Å². The summed E-state index contributed by atoms with van der Waals surface area (Å²) in [5.41, 5.74) is 2.01. The number of nitrogens with zero attached hydrogens (tertiary/aromatic N) is 3. The van der Waals surface area contributed by atoms with Gasteiger partial charge in [-0.3, -0.25) is 9.59 Å². The van der Waals surface area contributed by atoms with Crippen LogP contribution in [0.2, 0.25) is 5.02 Å². The summed E-state index contributed by atoms with van der Waals surface area (Å²) in [6.07, 6.45) is 8.28. The van der Waals surface area contributed by atoms with E-state index in [-0.39, 0.29) is 36.4 Å². The van der Waals surface area contributed by atoms with Crippen molar-refractivity contribution in [1.82, 2.24) is 14.4 Å². The maximum absolute atomic E-state index is 13.6. The Hall–Kier alpha value is -2.27. The van der Waals surface area contributed by atoms with Gasteiger partial charge in [-0.1, -0.05) is 42.6 Å². The Labute approximate surface area is 182 Å². The Balaban J connectivity index is 1.42. The zero-order valence-corrected chi connectivity index (χ0v) is 17.9. The fourth-order valence-corrected chi connectivity index (χ4v) is 5.33. The van der Waals surface area contributed by atoms with Crippen molar-refractivity contribution in [3.8, 4) is 0 Å². The van der Waals surface area contributed by atoms with E-state index in [1.165, 1.54) is 0 Å². The first kappa shape index (κ1) is 19.7. The molecular weight excluding hydrogens is 398 g/mol. The normalized spacial score (nSPS) is 21.5. The maximum Gasteiger partial charge on any atom is 0.243 e. The number of aromatic nitrogens is 1. The monoisotopic (exact) mass is 425 g/mol. The van der Waals surface area contributed by atoms with E-state index in [1.54, 1.807) is 0 Å². The molecule has 3 aliphatic rings. The van der Waals surface area contributed by atoms with Crippen LogP contribution in [0.25, 0.3) is 0 Å². The van der Waals surface area contributed by atoms with Crippen LogP contribution in [0.1, 0.15) is 55.8 Å². The van der Waals surface area contributed by atoms with Crippen LogP contribution in [0.15, 0.2) is 42.6 Å². The molecule has 0 bridgehead atoms. The Morgan fingerprint density at radius 2 is 1.77 bits per heavy atom. The Morgan fingerprint density at radius 1 is 1.00 bits per heavy atom. The molecule has 1 atom stereocenters. The van der Waals surface area contributed by atoms with Crippen LogP contribution in [-0.4, -0.2) is 45.3 Å². The third-order valence-corrected chi connectivity index (χ3v) is 7.18. The van der Waals surface area contributed by atoms with Crippen molar-refractivity contribution in [3.63, 3.8) is 0 Å². The summed E-state index contributed by atoms with van der Waals surface area (Å²) in [5.74, 6) is 0.319. The summed E-state index contributed by atoms with van der Waals surface area (Å²) in [6.45, 7) is 1.56. The quantitative estimate of drug-likeness (QED) is 0.718. The highest BCUT2D eigenvalue weighted by atomic mass is 35.5. The summed E-state index contributed by atoms with van der Waals surface area (Å²) in [6, 6.07) is 11.9. The van der Waals surface area contributed by atoms with E-state index in [0.717, 1.165) is 56.3 Å². The third kappa shape index (κ3) is 3.64. The molecule has 2 aliphatic carbocycles. The molecule has 1 aliphatic heterocycles. The first-order valence-electron chi connectivity index (χ1n) is 11.1. The van der Waals surface area contributed by atoms with Crippen molar-refractivity contribution in [2.24, 2.45) is 5.92 Å². The zero-order valence-electron chi connectivity index (χ0n) is 17.2. The van der Waals surface area contributed by atoms with E-state index in [1.807, 2.05) is 40.1 Å². The molecule has 5 rings (SSSR count). The number of hydrogen-bond acceptors (Lipinski definition) is 2. The summed E-state index contributed by atoms with van der Waals surface area (Å²) >= 11 is 6.55. The fraction of sp³-hybridized carbons (Fsp3) is 0.500. The van der Waals surface area contributed by atoms with E-state index in [2.05, 4.69) is 16.8 Å². The van der Waals surface area contributed by atoms with Gasteiger partial charge in [0.15, 0.2) is 0 Å². The molecule has 0 spiro atoms. The lowest BCUT2D eigenvalue weighted by molar-refractivity contribution is -0.144. The van der Waals surface area contributed by atoms with Gasteiger partial charge < -0.3 is 14.4 Å². The number of amides is 2. The lowest BCUT2D eigenvalue weighted by atomic mass is 9.99. The van der Waals surface area contributed by atoms with Crippen LogP contribution in [0.4, 0.5) is 0 Å². The van der Waals surface area contributed by atoms with Gasteiger partial charge >= 0.3 is 0 Å². The van der Waals surface area contributed by atoms with E-state index in [0.29, 0.717) is 11.6 Å². The van der Waals surface area contributed by atoms with Gasteiger partial charge in [0.2, 0.25) is 11.8 Å². The van der Waals surface area contributed by atoms with E-state index < -0.39 is 0 Å². The first-order chi connectivity index (χ1) is 14.6. The number of fused-ring (bicyclic) bond motifs is 1. The maximum atomic E-state index is 13.6. The molecule has 1 aromatic carbocycles. The lowest BCUT2D eigenvalue weighted by Gasteiger charge is -2.39. The van der Waals surface area contributed by atoms with Crippen molar-refractivity contribution in [1.29, 1.82) is 0 Å². The Kier molecular flexibility index (Phi) is 5.32. The van der Waals surface area contributed by atoms with Gasteiger partial charge in [-0.15, -0.1) is 0 Å². The molecule has 2 heterocycles. The fourth-order valence-electron chi connectivity index (χ4n) is 5.09. The minimum atomic E-state index is -0.224. The summed E-state index contributed by atoms with van der Waals surface area (Å²) in [5, 5.41) is 0.663. The molecule has 5 nitrogen and oxygen atoms in total. The van der Waals surface area contributed by atoms with Gasteiger partial charge in [0.1, 0.15) is 6.54 Å². The largest absolute Gasteiger partial charge is 0.348 e. The highest BCUT2D eigenvalue weighted by molar-refractivity contribution is 6.31. The van der Waals surface area contributed by atoms with Gasteiger partial charge in [-0.2, -0.15) is 0 Å². The van der Waals surface area contributed by atoms with Crippen molar-refractivity contribution < 1.29 is 9.59 Å². The predicted octanol–water partition coefficient (Wildman–Crippen LogP) is 4.25.